The van der Waals surface area contributed by atoms with E-state index in [2.05, 4.69) is 13.0 Å². The zero-order valence-electron chi connectivity index (χ0n) is 16.1. The van der Waals surface area contributed by atoms with E-state index in [1.807, 2.05) is 24.3 Å². The summed E-state index contributed by atoms with van der Waals surface area (Å²) in [5, 5.41) is 60.2. The number of hydrogen-bond acceptors (Lipinski definition) is 7. The lowest BCUT2D eigenvalue weighted by atomic mass is 9.86. The number of aliphatic hydroxyl groups excluding tert-OH is 4. The van der Waals surface area contributed by atoms with E-state index in [0.717, 1.165) is 12.0 Å². The first-order valence-corrected chi connectivity index (χ1v) is 9.50. The van der Waals surface area contributed by atoms with E-state index < -0.39 is 36.8 Å². The summed E-state index contributed by atoms with van der Waals surface area (Å²) in [4.78, 5) is 0. The van der Waals surface area contributed by atoms with Crippen molar-refractivity contribution in [3.8, 4) is 6.07 Å². The van der Waals surface area contributed by atoms with Crippen LogP contribution in [-0.4, -0.2) is 56.6 Å². The Morgan fingerprint density at radius 1 is 1.03 bits per heavy atom. The van der Waals surface area contributed by atoms with Crippen LogP contribution in [0.5, 0.6) is 0 Å². The molecule has 0 amide bonds. The fourth-order valence-corrected chi connectivity index (χ4v) is 3.58. The SMILES string of the molecule is CCc1ccc(Cc2cc(C3(O)O[C@H](CO)[C@@H](O)[C@H](O)[C@H]3O)ccc2C#N)cc1. The highest BCUT2D eigenvalue weighted by molar-refractivity contribution is 5.44. The van der Waals surface area contributed by atoms with E-state index in [-0.39, 0.29) is 5.56 Å². The van der Waals surface area contributed by atoms with Gasteiger partial charge in [-0.2, -0.15) is 5.26 Å². The number of benzene rings is 2. The number of aryl methyl sites for hydroxylation is 1. The molecule has 0 aliphatic carbocycles. The summed E-state index contributed by atoms with van der Waals surface area (Å²) >= 11 is 0. The highest BCUT2D eigenvalue weighted by Gasteiger charge is 2.53. The van der Waals surface area contributed by atoms with Gasteiger partial charge in [0.05, 0.1) is 18.2 Å². The molecule has 7 heteroatoms. The van der Waals surface area contributed by atoms with Crippen molar-refractivity contribution in [2.24, 2.45) is 0 Å². The summed E-state index contributed by atoms with van der Waals surface area (Å²) in [7, 11) is 0. The van der Waals surface area contributed by atoms with Gasteiger partial charge in [0.1, 0.15) is 24.4 Å². The fraction of sp³-hybridized carbons (Fsp3) is 0.409. The van der Waals surface area contributed by atoms with Gasteiger partial charge in [0.15, 0.2) is 0 Å². The maximum atomic E-state index is 11.0. The van der Waals surface area contributed by atoms with Crippen molar-refractivity contribution in [3.63, 3.8) is 0 Å². The van der Waals surface area contributed by atoms with Crippen molar-refractivity contribution >= 4 is 0 Å². The predicted molar refractivity (Wildman–Crippen MR) is 104 cm³/mol. The molecule has 0 spiro atoms. The molecular weight excluding hydrogens is 374 g/mol. The molecule has 5 atom stereocenters. The Balaban J connectivity index is 1.97. The molecule has 1 aliphatic heterocycles. The third-order valence-electron chi connectivity index (χ3n) is 5.43. The van der Waals surface area contributed by atoms with Gasteiger partial charge in [-0.1, -0.05) is 37.3 Å². The third kappa shape index (κ3) is 4.05. The lowest BCUT2D eigenvalue weighted by Gasteiger charge is -2.45. The lowest BCUT2D eigenvalue weighted by molar-refractivity contribution is -0.357. The molecule has 1 saturated heterocycles. The Labute approximate surface area is 169 Å². The first-order valence-electron chi connectivity index (χ1n) is 9.50. The lowest BCUT2D eigenvalue weighted by Crippen LogP contribution is -2.63. The summed E-state index contributed by atoms with van der Waals surface area (Å²) < 4.78 is 5.38. The van der Waals surface area contributed by atoms with E-state index in [4.69, 9.17) is 4.74 Å². The minimum absolute atomic E-state index is 0.119. The second-order valence-electron chi connectivity index (χ2n) is 7.29. The largest absolute Gasteiger partial charge is 0.394 e. The van der Waals surface area contributed by atoms with Crippen molar-refractivity contribution in [1.29, 1.82) is 5.26 Å². The van der Waals surface area contributed by atoms with Gasteiger partial charge in [0, 0.05) is 5.56 Å². The summed E-state index contributed by atoms with van der Waals surface area (Å²) in [6.07, 6.45) is -5.05. The molecule has 1 unspecified atom stereocenters. The maximum Gasteiger partial charge on any atom is 0.222 e. The molecule has 3 rings (SSSR count). The Morgan fingerprint density at radius 3 is 2.28 bits per heavy atom. The van der Waals surface area contributed by atoms with Crippen LogP contribution in [0.25, 0.3) is 0 Å². The molecule has 0 saturated carbocycles. The minimum atomic E-state index is -2.35. The van der Waals surface area contributed by atoms with E-state index in [1.165, 1.54) is 23.8 Å². The number of rotatable bonds is 5. The molecule has 1 heterocycles. The van der Waals surface area contributed by atoms with Crippen molar-refractivity contribution < 1.29 is 30.3 Å². The molecular formula is C22H25NO6. The summed E-state index contributed by atoms with van der Waals surface area (Å²) in [5.74, 6) is -2.35. The van der Waals surface area contributed by atoms with Gasteiger partial charge in [-0.05, 0) is 41.7 Å². The van der Waals surface area contributed by atoms with Crippen molar-refractivity contribution in [1.82, 2.24) is 0 Å². The average Bonchev–Trinajstić information content (AvgIpc) is 2.75. The van der Waals surface area contributed by atoms with Gasteiger partial charge >= 0.3 is 0 Å². The van der Waals surface area contributed by atoms with E-state index in [9.17, 15) is 30.8 Å². The molecule has 154 valence electrons. The fourth-order valence-electron chi connectivity index (χ4n) is 3.58. The van der Waals surface area contributed by atoms with E-state index >= 15 is 0 Å². The molecule has 0 bridgehead atoms. The van der Waals surface area contributed by atoms with Crippen LogP contribution in [0.2, 0.25) is 0 Å². The van der Waals surface area contributed by atoms with Crippen LogP contribution in [0.1, 0.15) is 34.7 Å². The number of nitriles is 1. The molecule has 0 aromatic heterocycles. The average molecular weight is 399 g/mol. The second kappa shape index (κ2) is 8.59. The Bertz CT molecular complexity index is 891. The van der Waals surface area contributed by atoms with Crippen LogP contribution in [0.3, 0.4) is 0 Å². The zero-order valence-corrected chi connectivity index (χ0v) is 16.1. The molecule has 0 radical (unpaired) electrons. The summed E-state index contributed by atoms with van der Waals surface area (Å²) in [6, 6.07) is 14.5. The number of aliphatic hydroxyl groups is 5. The molecule has 7 nitrogen and oxygen atoms in total. The standard InChI is InChI=1S/C22H25NO6/c1-2-13-3-5-14(6-4-13)9-16-10-17(8-7-15(16)11-23)22(28)21(27)20(26)19(25)18(12-24)29-22/h3-8,10,18-21,24-28H,2,9,12H2,1H3/t18-,19-,20+,21-,22?/m1/s1. The summed E-state index contributed by atoms with van der Waals surface area (Å²) in [5.41, 5.74) is 3.30. The number of ether oxygens (including phenoxy) is 1. The van der Waals surface area contributed by atoms with E-state index in [0.29, 0.717) is 17.5 Å². The maximum absolute atomic E-state index is 11.0. The molecule has 29 heavy (non-hydrogen) atoms. The van der Waals surface area contributed by atoms with Crippen molar-refractivity contribution in [2.75, 3.05) is 6.61 Å². The third-order valence-corrected chi connectivity index (χ3v) is 5.43. The van der Waals surface area contributed by atoms with Crippen LogP contribution in [0.15, 0.2) is 42.5 Å². The molecule has 5 N–H and O–H groups in total. The van der Waals surface area contributed by atoms with Gasteiger partial charge < -0.3 is 30.3 Å². The van der Waals surface area contributed by atoms with Gasteiger partial charge in [-0.3, -0.25) is 0 Å². The summed E-state index contributed by atoms with van der Waals surface area (Å²) in [6.45, 7) is 1.41. The minimum Gasteiger partial charge on any atom is -0.394 e. The molecule has 1 fully saturated rings. The first kappa shape index (κ1) is 21.4. The van der Waals surface area contributed by atoms with Crippen LogP contribution >= 0.6 is 0 Å². The first-order chi connectivity index (χ1) is 13.8. The molecule has 2 aromatic carbocycles. The Morgan fingerprint density at radius 2 is 1.69 bits per heavy atom. The van der Waals surface area contributed by atoms with Crippen LogP contribution in [0.4, 0.5) is 0 Å². The predicted octanol–water partition coefficient (Wildman–Crippen LogP) is 0.330. The number of nitrogens with zero attached hydrogens (tertiary/aromatic N) is 1. The number of hydrogen-bond donors (Lipinski definition) is 5. The van der Waals surface area contributed by atoms with Crippen molar-refractivity contribution in [2.45, 2.75) is 50.0 Å². The van der Waals surface area contributed by atoms with E-state index in [1.54, 1.807) is 0 Å². The molecule has 2 aromatic rings. The topological polar surface area (TPSA) is 134 Å². The molecule has 1 aliphatic rings. The van der Waals surface area contributed by atoms with Gasteiger partial charge in [0.25, 0.3) is 0 Å². The smallest absolute Gasteiger partial charge is 0.222 e. The highest BCUT2D eigenvalue weighted by Crippen LogP contribution is 2.37. The second-order valence-corrected chi connectivity index (χ2v) is 7.29. The normalized spacial score (nSPS) is 29.4. The van der Waals surface area contributed by atoms with Gasteiger partial charge in [-0.25, -0.2) is 0 Å². The van der Waals surface area contributed by atoms with Crippen molar-refractivity contribution in [3.05, 3.63) is 70.3 Å². The monoisotopic (exact) mass is 399 g/mol. The van der Waals surface area contributed by atoms with Crippen LogP contribution in [0, 0.1) is 11.3 Å². The van der Waals surface area contributed by atoms with Gasteiger partial charge in [0.2, 0.25) is 5.79 Å². The Hall–Kier alpha value is -2.31. The Kier molecular flexibility index (Phi) is 6.34. The quantitative estimate of drug-likeness (QED) is 0.489. The van der Waals surface area contributed by atoms with Crippen LogP contribution in [-0.2, 0) is 23.4 Å². The van der Waals surface area contributed by atoms with Crippen LogP contribution < -0.4 is 0 Å². The van der Waals surface area contributed by atoms with Gasteiger partial charge in [-0.15, -0.1) is 0 Å². The zero-order chi connectivity index (χ0) is 21.2. The highest BCUT2D eigenvalue weighted by atomic mass is 16.7.